The smallest absolute Gasteiger partial charge is 0.315 e. The van der Waals surface area contributed by atoms with Gasteiger partial charge in [0.25, 0.3) is 0 Å². The Morgan fingerprint density at radius 1 is 1.47 bits per heavy atom. The summed E-state index contributed by atoms with van der Waals surface area (Å²) in [5.41, 5.74) is 2.60. The highest BCUT2D eigenvalue weighted by atomic mass is 16.3. The zero-order valence-electron chi connectivity index (χ0n) is 7.86. The summed E-state index contributed by atoms with van der Waals surface area (Å²) in [6.07, 6.45) is 1.42. The Hall–Kier alpha value is -2.04. The lowest BCUT2D eigenvalue weighted by molar-refractivity contribution is 0.247. The number of amides is 2. The molecule has 0 radical (unpaired) electrons. The molecule has 1 fully saturated rings. The highest BCUT2D eigenvalue weighted by molar-refractivity contribution is 5.78. The predicted octanol–water partition coefficient (Wildman–Crippen LogP) is 1.18. The Morgan fingerprint density at radius 2 is 2.40 bits per heavy atom. The number of oxazole rings is 1. The van der Waals surface area contributed by atoms with E-state index in [0.29, 0.717) is 6.54 Å². The van der Waals surface area contributed by atoms with E-state index in [-0.39, 0.29) is 12.1 Å². The lowest BCUT2D eigenvalue weighted by Crippen LogP contribution is -2.21. The van der Waals surface area contributed by atoms with Gasteiger partial charge in [0.05, 0.1) is 6.04 Å². The first-order chi connectivity index (χ1) is 7.33. The van der Waals surface area contributed by atoms with Crippen molar-refractivity contribution in [2.45, 2.75) is 6.04 Å². The second-order valence-corrected chi connectivity index (χ2v) is 3.49. The SMILES string of the molecule is O=C1NCC(c2ccc3ncoc3c2)N1. The summed E-state index contributed by atoms with van der Waals surface area (Å²) < 4.78 is 5.20. The van der Waals surface area contributed by atoms with Gasteiger partial charge in [-0.3, -0.25) is 0 Å². The van der Waals surface area contributed by atoms with Gasteiger partial charge >= 0.3 is 6.03 Å². The van der Waals surface area contributed by atoms with Crippen LogP contribution in [0.15, 0.2) is 29.0 Å². The quantitative estimate of drug-likeness (QED) is 0.731. The van der Waals surface area contributed by atoms with Crippen LogP contribution in [0, 0.1) is 0 Å². The zero-order valence-corrected chi connectivity index (χ0v) is 7.86. The number of benzene rings is 1. The number of aromatic nitrogens is 1. The molecule has 2 heterocycles. The fourth-order valence-electron chi connectivity index (χ4n) is 1.74. The van der Waals surface area contributed by atoms with Gasteiger partial charge < -0.3 is 15.1 Å². The van der Waals surface area contributed by atoms with Crippen LogP contribution in [-0.2, 0) is 0 Å². The van der Waals surface area contributed by atoms with Crippen molar-refractivity contribution in [1.82, 2.24) is 15.6 Å². The summed E-state index contributed by atoms with van der Waals surface area (Å²) in [4.78, 5) is 15.0. The second kappa shape index (κ2) is 2.98. The number of hydrogen-bond donors (Lipinski definition) is 2. The topological polar surface area (TPSA) is 67.2 Å². The van der Waals surface area contributed by atoms with Gasteiger partial charge in [-0.1, -0.05) is 6.07 Å². The standard InChI is InChI=1S/C10H9N3O2/c14-10-11-4-8(13-10)6-1-2-7-9(3-6)15-5-12-7/h1-3,5,8H,4H2,(H2,11,13,14). The van der Waals surface area contributed by atoms with Gasteiger partial charge in [0.2, 0.25) is 0 Å². The largest absolute Gasteiger partial charge is 0.443 e. The van der Waals surface area contributed by atoms with E-state index >= 15 is 0 Å². The van der Waals surface area contributed by atoms with E-state index in [1.807, 2.05) is 18.2 Å². The van der Waals surface area contributed by atoms with Crippen LogP contribution in [0.1, 0.15) is 11.6 Å². The van der Waals surface area contributed by atoms with Gasteiger partial charge in [-0.2, -0.15) is 0 Å². The number of rotatable bonds is 1. The van der Waals surface area contributed by atoms with Crippen LogP contribution in [0.2, 0.25) is 0 Å². The molecule has 0 aliphatic carbocycles. The van der Waals surface area contributed by atoms with Crippen LogP contribution in [0.3, 0.4) is 0 Å². The van der Waals surface area contributed by atoms with Crippen molar-refractivity contribution in [3.05, 3.63) is 30.2 Å². The normalized spacial score (nSPS) is 20.3. The molecule has 1 aliphatic heterocycles. The summed E-state index contributed by atoms with van der Waals surface area (Å²) in [5, 5.41) is 5.53. The first-order valence-corrected chi connectivity index (χ1v) is 4.70. The average Bonchev–Trinajstić information content (AvgIpc) is 2.84. The number of hydrogen-bond acceptors (Lipinski definition) is 3. The van der Waals surface area contributed by atoms with Crippen molar-refractivity contribution in [1.29, 1.82) is 0 Å². The molecule has 1 atom stereocenters. The van der Waals surface area contributed by atoms with Gasteiger partial charge in [-0.15, -0.1) is 0 Å². The first-order valence-electron chi connectivity index (χ1n) is 4.70. The highest BCUT2D eigenvalue weighted by Crippen LogP contribution is 2.20. The van der Waals surface area contributed by atoms with Crippen LogP contribution in [0.4, 0.5) is 4.79 Å². The zero-order chi connectivity index (χ0) is 10.3. The lowest BCUT2D eigenvalue weighted by atomic mass is 10.1. The molecule has 15 heavy (non-hydrogen) atoms. The molecule has 2 N–H and O–H groups in total. The van der Waals surface area contributed by atoms with Gasteiger partial charge in [0, 0.05) is 6.54 Å². The summed E-state index contributed by atoms with van der Waals surface area (Å²) in [7, 11) is 0. The third kappa shape index (κ3) is 1.32. The molecule has 1 unspecified atom stereocenters. The fraction of sp³-hybridized carbons (Fsp3) is 0.200. The number of carbonyl (C=O) groups is 1. The molecule has 1 aromatic carbocycles. The Labute approximate surface area is 85.5 Å². The molecule has 0 saturated carbocycles. The van der Waals surface area contributed by atoms with E-state index in [4.69, 9.17) is 4.42 Å². The third-order valence-corrected chi connectivity index (χ3v) is 2.53. The Kier molecular flexibility index (Phi) is 1.65. The molecule has 1 aromatic heterocycles. The Morgan fingerprint density at radius 3 is 3.20 bits per heavy atom. The monoisotopic (exact) mass is 203 g/mol. The summed E-state index contributed by atoms with van der Waals surface area (Å²) in [5.74, 6) is 0. The van der Waals surface area contributed by atoms with E-state index in [0.717, 1.165) is 16.7 Å². The first kappa shape index (κ1) is 8.28. The maximum atomic E-state index is 11.0. The van der Waals surface area contributed by atoms with Crippen molar-refractivity contribution < 1.29 is 9.21 Å². The second-order valence-electron chi connectivity index (χ2n) is 3.49. The molecular weight excluding hydrogens is 194 g/mol. The van der Waals surface area contributed by atoms with Crippen LogP contribution in [-0.4, -0.2) is 17.6 Å². The molecule has 0 spiro atoms. The van der Waals surface area contributed by atoms with E-state index in [1.54, 1.807) is 0 Å². The molecule has 76 valence electrons. The molecule has 1 aliphatic rings. The molecule has 0 bridgehead atoms. The number of urea groups is 1. The van der Waals surface area contributed by atoms with Crippen LogP contribution < -0.4 is 10.6 Å². The van der Waals surface area contributed by atoms with E-state index in [1.165, 1.54) is 6.39 Å². The van der Waals surface area contributed by atoms with Gasteiger partial charge in [-0.05, 0) is 17.7 Å². The minimum atomic E-state index is -0.127. The fourth-order valence-corrected chi connectivity index (χ4v) is 1.74. The Bertz CT molecular complexity index is 520. The molecular formula is C10H9N3O2. The summed E-state index contributed by atoms with van der Waals surface area (Å²) >= 11 is 0. The number of carbonyl (C=O) groups excluding carboxylic acids is 1. The third-order valence-electron chi connectivity index (χ3n) is 2.53. The van der Waals surface area contributed by atoms with E-state index in [9.17, 15) is 4.79 Å². The molecule has 2 aromatic rings. The Balaban J connectivity index is 2.00. The molecule has 1 saturated heterocycles. The lowest BCUT2D eigenvalue weighted by Gasteiger charge is -2.07. The van der Waals surface area contributed by atoms with Crippen LogP contribution in [0.5, 0.6) is 0 Å². The van der Waals surface area contributed by atoms with Crippen molar-refractivity contribution in [2.75, 3.05) is 6.54 Å². The van der Waals surface area contributed by atoms with Crippen molar-refractivity contribution in [3.63, 3.8) is 0 Å². The van der Waals surface area contributed by atoms with Crippen molar-refractivity contribution in [3.8, 4) is 0 Å². The minimum Gasteiger partial charge on any atom is -0.443 e. The van der Waals surface area contributed by atoms with Gasteiger partial charge in [-0.25, -0.2) is 9.78 Å². The average molecular weight is 203 g/mol. The summed E-state index contributed by atoms with van der Waals surface area (Å²) in [6, 6.07) is 5.63. The molecule has 2 amide bonds. The van der Waals surface area contributed by atoms with Crippen molar-refractivity contribution >= 4 is 17.1 Å². The highest BCUT2D eigenvalue weighted by Gasteiger charge is 2.21. The number of nitrogens with one attached hydrogen (secondary N) is 2. The van der Waals surface area contributed by atoms with Gasteiger partial charge in [0.15, 0.2) is 12.0 Å². The number of fused-ring (bicyclic) bond motifs is 1. The van der Waals surface area contributed by atoms with Crippen molar-refractivity contribution in [2.24, 2.45) is 0 Å². The van der Waals surface area contributed by atoms with E-state index in [2.05, 4.69) is 15.6 Å². The molecule has 3 rings (SSSR count). The molecule has 5 nitrogen and oxygen atoms in total. The molecule has 5 heteroatoms. The van der Waals surface area contributed by atoms with Crippen LogP contribution >= 0.6 is 0 Å². The minimum absolute atomic E-state index is 0.0204. The van der Waals surface area contributed by atoms with Gasteiger partial charge in [0.1, 0.15) is 5.52 Å². The van der Waals surface area contributed by atoms with E-state index < -0.39 is 0 Å². The maximum absolute atomic E-state index is 11.0. The summed E-state index contributed by atoms with van der Waals surface area (Å²) in [6.45, 7) is 0.610. The maximum Gasteiger partial charge on any atom is 0.315 e. The van der Waals surface area contributed by atoms with Crippen LogP contribution in [0.25, 0.3) is 11.1 Å². The predicted molar refractivity (Wildman–Crippen MR) is 53.3 cm³/mol. The number of nitrogens with zero attached hydrogens (tertiary/aromatic N) is 1.